The zero-order valence-electron chi connectivity index (χ0n) is 14.5. The monoisotopic (exact) mass is 382 g/mol. The maximum absolute atomic E-state index is 12.8. The molecule has 3 atom stereocenters. The largest absolute Gasteiger partial charge is 0.341 e. The van der Waals surface area contributed by atoms with E-state index in [0.29, 0.717) is 0 Å². The second-order valence-electron chi connectivity index (χ2n) is 6.63. The molecule has 2 aliphatic rings. The Kier molecular flexibility index (Phi) is 6.55. The quantitative estimate of drug-likeness (QED) is 0.606. The van der Waals surface area contributed by atoms with E-state index in [0.717, 1.165) is 32.4 Å². The number of benzene rings is 1. The lowest BCUT2D eigenvalue weighted by atomic mass is 10.1. The van der Waals surface area contributed by atoms with Crippen molar-refractivity contribution in [1.29, 1.82) is 0 Å². The molecule has 26 heavy (non-hydrogen) atoms. The number of nitrogens with one attached hydrogen (secondary N) is 2. The molecule has 2 fully saturated rings. The molecule has 0 aromatic heterocycles. The predicted octanol–water partition coefficient (Wildman–Crippen LogP) is 1.49. The number of non-ortho nitro benzene ring substituents is 1. The van der Waals surface area contributed by atoms with Crippen molar-refractivity contribution in [2.45, 2.75) is 44.3 Å². The fourth-order valence-electron chi connectivity index (χ4n) is 3.67. The number of nitro groups is 1. The lowest BCUT2D eigenvalue weighted by molar-refractivity contribution is -0.384. The van der Waals surface area contributed by atoms with Gasteiger partial charge in [0.15, 0.2) is 0 Å². The molecule has 0 aliphatic carbocycles. The summed E-state index contributed by atoms with van der Waals surface area (Å²) in [5, 5.41) is 16.8. The van der Waals surface area contributed by atoms with Crippen molar-refractivity contribution in [1.82, 2.24) is 15.5 Å². The number of carbonyl (C=O) groups is 2. The number of carbonyl (C=O) groups excluding carboxylic acids is 2. The average Bonchev–Trinajstić information content (AvgIpc) is 2.86. The maximum atomic E-state index is 12.8. The number of hydrogen-bond donors (Lipinski definition) is 2. The molecule has 2 saturated heterocycles. The average molecular weight is 383 g/mol. The number of fused-ring (bicyclic) bond motifs is 2. The SMILES string of the molecule is CC(NC(=O)c1cccc([N+](=O)[O-])c1)C(=O)N1C2CCNCC1CC2.Cl. The molecule has 2 heterocycles. The minimum atomic E-state index is -0.673. The van der Waals surface area contributed by atoms with Crippen molar-refractivity contribution in [2.75, 3.05) is 13.1 Å². The fraction of sp³-hybridized carbons (Fsp3) is 0.529. The highest BCUT2D eigenvalue weighted by molar-refractivity contribution is 5.98. The number of halogens is 1. The van der Waals surface area contributed by atoms with Gasteiger partial charge < -0.3 is 15.5 Å². The summed E-state index contributed by atoms with van der Waals surface area (Å²) in [7, 11) is 0. The third-order valence-electron chi connectivity index (χ3n) is 4.95. The zero-order chi connectivity index (χ0) is 18.0. The van der Waals surface area contributed by atoms with E-state index >= 15 is 0 Å². The van der Waals surface area contributed by atoms with Crippen LogP contribution in [0.1, 0.15) is 36.5 Å². The van der Waals surface area contributed by atoms with Crippen LogP contribution in [-0.4, -0.2) is 52.9 Å². The van der Waals surface area contributed by atoms with Crippen LogP contribution in [0, 0.1) is 10.1 Å². The van der Waals surface area contributed by atoms with Crippen LogP contribution in [0.3, 0.4) is 0 Å². The van der Waals surface area contributed by atoms with Gasteiger partial charge in [-0.25, -0.2) is 0 Å². The first kappa shape index (κ1) is 20.1. The van der Waals surface area contributed by atoms with Gasteiger partial charge in [-0.1, -0.05) is 6.07 Å². The van der Waals surface area contributed by atoms with Crippen LogP contribution < -0.4 is 10.6 Å². The summed E-state index contributed by atoms with van der Waals surface area (Å²) >= 11 is 0. The van der Waals surface area contributed by atoms with Crippen molar-refractivity contribution in [3.8, 4) is 0 Å². The summed E-state index contributed by atoms with van der Waals surface area (Å²) in [6, 6.07) is 5.23. The first-order chi connectivity index (χ1) is 12.0. The normalized spacial score (nSPS) is 22.7. The second kappa shape index (κ2) is 8.46. The molecule has 3 rings (SSSR count). The highest BCUT2D eigenvalue weighted by Crippen LogP contribution is 2.28. The Labute approximate surface area is 157 Å². The molecule has 0 saturated carbocycles. The zero-order valence-corrected chi connectivity index (χ0v) is 15.3. The standard InChI is InChI=1S/C17H22N4O4.ClH/c1-11(17(23)20-13-5-6-15(20)10-18-8-7-13)19-16(22)12-3-2-4-14(9-12)21(24)25;/h2-4,9,11,13,15,18H,5-8,10H2,1H3,(H,19,22);1H. The predicted molar refractivity (Wildman–Crippen MR) is 98.4 cm³/mol. The van der Waals surface area contributed by atoms with E-state index in [9.17, 15) is 19.7 Å². The van der Waals surface area contributed by atoms with Gasteiger partial charge in [0.25, 0.3) is 11.6 Å². The van der Waals surface area contributed by atoms with Crippen LogP contribution in [0.25, 0.3) is 0 Å². The molecule has 9 heteroatoms. The molecule has 8 nitrogen and oxygen atoms in total. The van der Waals surface area contributed by atoms with Crippen molar-refractivity contribution in [3.63, 3.8) is 0 Å². The summed E-state index contributed by atoms with van der Waals surface area (Å²) in [5.74, 6) is -0.570. The van der Waals surface area contributed by atoms with Gasteiger partial charge in [-0.3, -0.25) is 19.7 Å². The maximum Gasteiger partial charge on any atom is 0.270 e. The first-order valence-electron chi connectivity index (χ1n) is 8.55. The summed E-state index contributed by atoms with van der Waals surface area (Å²) in [5.41, 5.74) is 0.0256. The third kappa shape index (κ3) is 4.13. The van der Waals surface area contributed by atoms with Gasteiger partial charge >= 0.3 is 0 Å². The number of hydrogen-bond acceptors (Lipinski definition) is 5. The minimum Gasteiger partial charge on any atom is -0.341 e. The van der Waals surface area contributed by atoms with Crippen LogP contribution in [-0.2, 0) is 4.79 Å². The molecule has 1 aromatic carbocycles. The lowest BCUT2D eigenvalue weighted by Gasteiger charge is -2.30. The molecule has 2 amide bonds. The Morgan fingerprint density at radius 1 is 1.31 bits per heavy atom. The van der Waals surface area contributed by atoms with Gasteiger partial charge in [-0.05, 0) is 38.8 Å². The highest BCUT2D eigenvalue weighted by atomic mass is 35.5. The summed E-state index contributed by atoms with van der Waals surface area (Å²) in [6.07, 6.45) is 2.91. The molecule has 2 aliphatic heterocycles. The van der Waals surface area contributed by atoms with Gasteiger partial charge in [-0.15, -0.1) is 12.4 Å². The van der Waals surface area contributed by atoms with Gasteiger partial charge in [-0.2, -0.15) is 0 Å². The van der Waals surface area contributed by atoms with E-state index in [1.807, 2.05) is 4.90 Å². The van der Waals surface area contributed by atoms with E-state index in [1.54, 1.807) is 6.92 Å². The number of nitro benzene ring substituents is 1. The molecule has 1 aromatic rings. The molecule has 2 bridgehead atoms. The van der Waals surface area contributed by atoms with Crippen molar-refractivity contribution >= 4 is 29.9 Å². The Morgan fingerprint density at radius 2 is 2.04 bits per heavy atom. The summed E-state index contributed by atoms with van der Waals surface area (Å²) in [4.78, 5) is 37.4. The van der Waals surface area contributed by atoms with Crippen molar-refractivity contribution < 1.29 is 14.5 Å². The van der Waals surface area contributed by atoms with E-state index in [4.69, 9.17) is 0 Å². The number of amides is 2. The minimum absolute atomic E-state index is 0. The topological polar surface area (TPSA) is 105 Å². The molecule has 142 valence electrons. The van der Waals surface area contributed by atoms with Gasteiger partial charge in [0.1, 0.15) is 6.04 Å². The number of rotatable bonds is 4. The van der Waals surface area contributed by atoms with Crippen molar-refractivity contribution in [3.05, 3.63) is 39.9 Å². The van der Waals surface area contributed by atoms with Crippen LogP contribution in [0.15, 0.2) is 24.3 Å². The first-order valence-corrected chi connectivity index (χ1v) is 8.55. The Bertz CT molecular complexity index is 685. The molecular weight excluding hydrogens is 360 g/mol. The molecule has 0 radical (unpaired) electrons. The second-order valence-corrected chi connectivity index (χ2v) is 6.63. The van der Waals surface area contributed by atoms with Gasteiger partial charge in [0.2, 0.25) is 5.91 Å². The Morgan fingerprint density at radius 3 is 2.77 bits per heavy atom. The Balaban J connectivity index is 0.00000243. The molecule has 2 N–H and O–H groups in total. The smallest absolute Gasteiger partial charge is 0.270 e. The van der Waals surface area contributed by atoms with Crippen LogP contribution in [0.4, 0.5) is 5.69 Å². The lowest BCUT2D eigenvalue weighted by Crippen LogP contribution is -2.51. The van der Waals surface area contributed by atoms with Gasteiger partial charge in [0.05, 0.1) is 4.92 Å². The fourth-order valence-corrected chi connectivity index (χ4v) is 3.67. The van der Waals surface area contributed by atoms with E-state index in [-0.39, 0.29) is 41.6 Å². The van der Waals surface area contributed by atoms with Crippen molar-refractivity contribution in [2.24, 2.45) is 0 Å². The van der Waals surface area contributed by atoms with E-state index in [1.165, 1.54) is 24.3 Å². The highest BCUT2D eigenvalue weighted by Gasteiger charge is 2.39. The van der Waals surface area contributed by atoms with Crippen LogP contribution in [0.2, 0.25) is 0 Å². The third-order valence-corrected chi connectivity index (χ3v) is 4.95. The summed E-state index contributed by atoms with van der Waals surface area (Å²) < 4.78 is 0. The molecule has 0 spiro atoms. The summed E-state index contributed by atoms with van der Waals surface area (Å²) in [6.45, 7) is 3.35. The molecule has 3 unspecified atom stereocenters. The Hall–Kier alpha value is -2.19. The van der Waals surface area contributed by atoms with E-state index < -0.39 is 16.9 Å². The van der Waals surface area contributed by atoms with E-state index in [2.05, 4.69) is 10.6 Å². The van der Waals surface area contributed by atoms with Crippen LogP contribution >= 0.6 is 12.4 Å². The number of nitrogens with zero attached hydrogens (tertiary/aromatic N) is 2. The van der Waals surface area contributed by atoms with Gasteiger partial charge in [0, 0.05) is 36.3 Å². The molecular formula is C17H23ClN4O4. The van der Waals surface area contributed by atoms with Crippen LogP contribution in [0.5, 0.6) is 0 Å².